The van der Waals surface area contributed by atoms with Crippen molar-refractivity contribution in [1.29, 1.82) is 0 Å². The van der Waals surface area contributed by atoms with E-state index in [0.717, 1.165) is 0 Å². The first-order valence-electron chi connectivity index (χ1n) is 6.83. The van der Waals surface area contributed by atoms with Crippen LogP contribution in [0.3, 0.4) is 0 Å². The number of benzene rings is 1. The summed E-state index contributed by atoms with van der Waals surface area (Å²) in [5, 5.41) is 17.9. The van der Waals surface area contributed by atoms with Crippen molar-refractivity contribution in [3.05, 3.63) is 29.0 Å². The largest absolute Gasteiger partial charge is 0.460 e. The number of rotatable bonds is 8. The van der Waals surface area contributed by atoms with Gasteiger partial charge < -0.3 is 24.4 Å². The molecule has 0 saturated carbocycles. The minimum absolute atomic E-state index is 0.0680. The minimum atomic E-state index is -1.35. The van der Waals surface area contributed by atoms with E-state index in [0.29, 0.717) is 8.95 Å². The lowest BCUT2D eigenvalue weighted by molar-refractivity contribution is -0.0525. The molecule has 0 heterocycles. The molecule has 7 nitrogen and oxygen atoms in total. The van der Waals surface area contributed by atoms with Gasteiger partial charge in [-0.05, 0) is 70.6 Å². The van der Waals surface area contributed by atoms with Crippen LogP contribution in [0.2, 0.25) is 0 Å². The third kappa shape index (κ3) is 6.26. The fourth-order valence-corrected chi connectivity index (χ4v) is 4.10. The molecular weight excluding hydrogens is 600 g/mol. The Morgan fingerprint density at radius 1 is 0.920 bits per heavy atom. The van der Waals surface area contributed by atoms with E-state index in [2.05, 4.69) is 63.7 Å². The molecule has 11 heteroatoms. The number of carbonyl (C=O) groups is 2. The number of hydrogen-bond donors (Lipinski definition) is 2. The summed E-state index contributed by atoms with van der Waals surface area (Å²) in [6, 6.07) is 0. The molecule has 0 radical (unpaired) electrons. The molecular formula is C14H14Br4O7. The number of carbonyl (C=O) groups excluding carboxylic acids is 2. The van der Waals surface area contributed by atoms with Crippen molar-refractivity contribution in [2.75, 3.05) is 26.4 Å². The maximum Gasteiger partial charge on any atom is 0.342 e. The zero-order valence-electron chi connectivity index (χ0n) is 12.9. The van der Waals surface area contributed by atoms with Gasteiger partial charge in [-0.3, -0.25) is 0 Å². The molecule has 0 aliphatic rings. The van der Waals surface area contributed by atoms with E-state index in [4.69, 9.17) is 19.3 Å². The summed E-state index contributed by atoms with van der Waals surface area (Å²) in [5.41, 5.74) is -0.182. The maximum absolute atomic E-state index is 12.4. The van der Waals surface area contributed by atoms with E-state index >= 15 is 0 Å². The van der Waals surface area contributed by atoms with Gasteiger partial charge in [-0.25, -0.2) is 9.59 Å². The molecule has 1 aromatic carbocycles. The summed E-state index contributed by atoms with van der Waals surface area (Å²) in [6.45, 7) is 1.28. The van der Waals surface area contributed by atoms with Crippen molar-refractivity contribution >= 4 is 75.7 Å². The van der Waals surface area contributed by atoms with Crippen LogP contribution in [0.4, 0.5) is 0 Å². The first-order chi connectivity index (χ1) is 11.7. The lowest BCUT2D eigenvalue weighted by Gasteiger charge is -2.16. The molecule has 140 valence electrons. The van der Waals surface area contributed by atoms with Gasteiger partial charge in [0.2, 0.25) is 0 Å². The Morgan fingerprint density at radius 3 is 1.92 bits per heavy atom. The summed E-state index contributed by atoms with van der Waals surface area (Å²) in [4.78, 5) is 24.7. The number of aliphatic hydroxyl groups is 2. The van der Waals surface area contributed by atoms with Gasteiger partial charge in [0.1, 0.15) is 6.61 Å². The van der Waals surface area contributed by atoms with E-state index in [-0.39, 0.29) is 46.5 Å². The van der Waals surface area contributed by atoms with Gasteiger partial charge in [0.15, 0.2) is 6.29 Å². The third-order valence-electron chi connectivity index (χ3n) is 2.65. The number of hydrogen-bond acceptors (Lipinski definition) is 7. The fourth-order valence-electron chi connectivity index (χ4n) is 1.66. The second kappa shape index (κ2) is 11.0. The van der Waals surface area contributed by atoms with Crippen LogP contribution in [-0.2, 0) is 14.2 Å². The van der Waals surface area contributed by atoms with E-state index in [1.165, 1.54) is 6.92 Å². The molecule has 0 amide bonds. The molecule has 1 unspecified atom stereocenters. The second-order valence-corrected chi connectivity index (χ2v) is 7.65. The molecule has 1 rings (SSSR count). The van der Waals surface area contributed by atoms with Crippen LogP contribution in [0.1, 0.15) is 27.6 Å². The Kier molecular flexibility index (Phi) is 10.1. The summed E-state index contributed by atoms with van der Waals surface area (Å²) < 4.78 is 16.4. The molecule has 0 aliphatic carbocycles. The molecule has 0 aromatic heterocycles. The minimum Gasteiger partial charge on any atom is -0.460 e. The van der Waals surface area contributed by atoms with Crippen molar-refractivity contribution in [3.63, 3.8) is 0 Å². The highest BCUT2D eigenvalue weighted by atomic mass is 79.9. The van der Waals surface area contributed by atoms with Crippen LogP contribution >= 0.6 is 63.7 Å². The Bertz CT molecular complexity index is 649. The Morgan fingerprint density at radius 2 is 1.44 bits per heavy atom. The second-order valence-electron chi connectivity index (χ2n) is 4.48. The van der Waals surface area contributed by atoms with Crippen LogP contribution in [0, 0.1) is 0 Å². The zero-order chi connectivity index (χ0) is 19.1. The van der Waals surface area contributed by atoms with Gasteiger partial charge >= 0.3 is 11.9 Å². The number of ether oxygens (including phenoxy) is 3. The topological polar surface area (TPSA) is 102 Å². The molecule has 0 spiro atoms. The SMILES string of the molecule is CC(O)OC(=O)c1c(Br)c(Br)c(Br)c(Br)c1C(=O)OCCOCCO. The van der Waals surface area contributed by atoms with Gasteiger partial charge in [0.25, 0.3) is 0 Å². The lowest BCUT2D eigenvalue weighted by atomic mass is 10.1. The van der Waals surface area contributed by atoms with Crippen LogP contribution in [0.5, 0.6) is 0 Å². The third-order valence-corrected chi connectivity index (χ3v) is 7.42. The van der Waals surface area contributed by atoms with E-state index in [1.807, 2.05) is 0 Å². The quantitative estimate of drug-likeness (QED) is 0.152. The molecule has 0 saturated heterocycles. The van der Waals surface area contributed by atoms with Crippen molar-refractivity contribution < 1.29 is 34.0 Å². The predicted octanol–water partition coefficient (Wildman–Crippen LogP) is 3.40. The van der Waals surface area contributed by atoms with Gasteiger partial charge in [0, 0.05) is 17.9 Å². The van der Waals surface area contributed by atoms with Gasteiger partial charge in [-0.15, -0.1) is 0 Å². The molecule has 1 atom stereocenters. The smallest absolute Gasteiger partial charge is 0.342 e. The zero-order valence-corrected chi connectivity index (χ0v) is 19.2. The highest BCUT2D eigenvalue weighted by molar-refractivity contribution is 9.15. The Labute approximate surface area is 177 Å². The molecule has 0 fully saturated rings. The first kappa shape index (κ1) is 23.0. The Balaban J connectivity index is 3.18. The monoisotopic (exact) mass is 610 g/mol. The number of halogens is 4. The summed E-state index contributed by atoms with van der Waals surface area (Å²) in [7, 11) is 0. The number of esters is 2. The van der Waals surface area contributed by atoms with Gasteiger partial charge in [-0.2, -0.15) is 0 Å². The average Bonchev–Trinajstić information content (AvgIpc) is 2.54. The van der Waals surface area contributed by atoms with E-state index in [1.54, 1.807) is 0 Å². The van der Waals surface area contributed by atoms with Crippen molar-refractivity contribution in [2.24, 2.45) is 0 Å². The number of aliphatic hydroxyl groups excluding tert-OH is 2. The standard InChI is InChI=1S/C14H14Br4O7/c1-6(20)25-14(22)8-7(9(15)11(17)12(18)10(8)16)13(21)24-5-4-23-3-2-19/h6,19-20H,2-5H2,1H3. The average molecular weight is 614 g/mol. The first-order valence-corrected chi connectivity index (χ1v) is 10.00. The lowest BCUT2D eigenvalue weighted by Crippen LogP contribution is -2.21. The van der Waals surface area contributed by atoms with Gasteiger partial charge in [-0.1, -0.05) is 0 Å². The van der Waals surface area contributed by atoms with Crippen LogP contribution in [0.15, 0.2) is 17.9 Å². The highest BCUT2D eigenvalue weighted by Gasteiger charge is 2.30. The maximum atomic E-state index is 12.4. The van der Waals surface area contributed by atoms with Crippen LogP contribution in [-0.4, -0.2) is 54.9 Å². The fraction of sp³-hybridized carbons (Fsp3) is 0.429. The van der Waals surface area contributed by atoms with Crippen molar-refractivity contribution in [1.82, 2.24) is 0 Å². The highest BCUT2D eigenvalue weighted by Crippen LogP contribution is 2.42. The van der Waals surface area contributed by atoms with Crippen molar-refractivity contribution in [2.45, 2.75) is 13.2 Å². The predicted molar refractivity (Wildman–Crippen MR) is 103 cm³/mol. The normalized spacial score (nSPS) is 12.0. The van der Waals surface area contributed by atoms with E-state index < -0.39 is 18.2 Å². The summed E-state index contributed by atoms with van der Waals surface area (Å²) in [6.07, 6.45) is -1.35. The van der Waals surface area contributed by atoms with Gasteiger partial charge in [0.05, 0.1) is 30.9 Å². The van der Waals surface area contributed by atoms with Crippen LogP contribution in [0.25, 0.3) is 0 Å². The van der Waals surface area contributed by atoms with Crippen LogP contribution < -0.4 is 0 Å². The molecule has 0 bridgehead atoms. The Hall–Kier alpha value is -0.0400. The summed E-state index contributed by atoms with van der Waals surface area (Å²) in [5.74, 6) is -1.69. The molecule has 1 aromatic rings. The summed E-state index contributed by atoms with van der Waals surface area (Å²) >= 11 is 13.1. The molecule has 0 aliphatic heterocycles. The van der Waals surface area contributed by atoms with E-state index in [9.17, 15) is 14.7 Å². The van der Waals surface area contributed by atoms with Crippen molar-refractivity contribution in [3.8, 4) is 0 Å². The molecule has 25 heavy (non-hydrogen) atoms. The molecule has 2 N–H and O–H groups in total.